The van der Waals surface area contributed by atoms with Gasteiger partial charge in [-0.1, -0.05) is 0 Å². The largest absolute Gasteiger partial charge is 0.480 e. The number of aromatic nitrogens is 2. The molecule has 7 nitrogen and oxygen atoms in total. The molecule has 0 aliphatic carbocycles. The van der Waals surface area contributed by atoms with Crippen molar-refractivity contribution in [2.75, 3.05) is 0 Å². The summed E-state index contributed by atoms with van der Waals surface area (Å²) < 4.78 is 20.6. The SMILES string of the molecule is O=C(O)C(Cc1c[nH]cn1)NP(=O)=O. The molecule has 1 rings (SSSR count). The minimum absolute atomic E-state index is 0.0160. The van der Waals surface area contributed by atoms with E-state index in [-0.39, 0.29) is 6.42 Å². The lowest BCUT2D eigenvalue weighted by molar-refractivity contribution is -0.138. The summed E-state index contributed by atoms with van der Waals surface area (Å²) in [6, 6.07) is -1.17. The Bertz CT molecular complexity index is 364. The summed E-state index contributed by atoms with van der Waals surface area (Å²) in [6.45, 7) is 0. The summed E-state index contributed by atoms with van der Waals surface area (Å²) in [5.74, 6) is -1.23. The summed E-state index contributed by atoms with van der Waals surface area (Å²) in [5.41, 5.74) is 0.488. The second-order valence-corrected chi connectivity index (χ2v) is 3.31. The Hall–Kier alpha value is -1.46. The molecule has 1 atom stereocenters. The lowest BCUT2D eigenvalue weighted by Crippen LogP contribution is -2.33. The predicted molar refractivity (Wildman–Crippen MR) is 45.1 cm³/mol. The maximum absolute atomic E-state index is 10.6. The summed E-state index contributed by atoms with van der Waals surface area (Å²) in [6.07, 6.45) is 2.92. The fourth-order valence-electron chi connectivity index (χ4n) is 0.927. The van der Waals surface area contributed by atoms with Crippen LogP contribution in [0, 0.1) is 0 Å². The smallest absolute Gasteiger partial charge is 0.396 e. The van der Waals surface area contributed by atoms with Crippen LogP contribution in [-0.2, 0) is 20.3 Å². The molecule has 1 aromatic heterocycles. The van der Waals surface area contributed by atoms with E-state index in [4.69, 9.17) is 5.11 Å². The third-order valence-electron chi connectivity index (χ3n) is 1.53. The van der Waals surface area contributed by atoms with Crippen LogP contribution in [0.5, 0.6) is 0 Å². The van der Waals surface area contributed by atoms with E-state index in [9.17, 15) is 13.9 Å². The van der Waals surface area contributed by atoms with Crippen LogP contribution in [0.4, 0.5) is 0 Å². The van der Waals surface area contributed by atoms with Gasteiger partial charge in [0.05, 0.1) is 12.0 Å². The third-order valence-corrected chi connectivity index (χ3v) is 2.05. The highest BCUT2D eigenvalue weighted by atomic mass is 31.1. The van der Waals surface area contributed by atoms with E-state index < -0.39 is 19.8 Å². The van der Waals surface area contributed by atoms with Gasteiger partial charge in [-0.3, -0.25) is 4.79 Å². The molecular weight excluding hydrogens is 209 g/mol. The molecule has 0 saturated heterocycles. The van der Waals surface area contributed by atoms with Gasteiger partial charge in [-0.15, -0.1) is 0 Å². The maximum atomic E-state index is 10.6. The summed E-state index contributed by atoms with van der Waals surface area (Å²) in [7, 11) is -2.92. The van der Waals surface area contributed by atoms with Gasteiger partial charge in [-0.25, -0.2) is 14.1 Å². The van der Waals surface area contributed by atoms with Crippen LogP contribution in [0.1, 0.15) is 5.69 Å². The molecule has 1 heterocycles. The second-order valence-electron chi connectivity index (χ2n) is 2.54. The number of carbonyl (C=O) groups is 1. The number of carboxylic acid groups (broad SMARTS) is 1. The number of carboxylic acids is 1. The molecule has 0 bridgehead atoms. The first-order chi connectivity index (χ1) is 6.59. The molecule has 0 spiro atoms. The van der Waals surface area contributed by atoms with Crippen molar-refractivity contribution in [1.82, 2.24) is 15.1 Å². The number of rotatable bonds is 5. The van der Waals surface area contributed by atoms with E-state index in [1.165, 1.54) is 12.5 Å². The first kappa shape index (κ1) is 10.6. The summed E-state index contributed by atoms with van der Waals surface area (Å²) in [5, 5.41) is 10.6. The van der Waals surface area contributed by atoms with Crippen molar-refractivity contribution in [1.29, 1.82) is 0 Å². The Kier molecular flexibility index (Phi) is 3.55. The van der Waals surface area contributed by atoms with Gasteiger partial charge in [0.15, 0.2) is 0 Å². The fourth-order valence-corrected chi connectivity index (χ4v) is 1.38. The molecule has 0 aliphatic rings. The molecule has 0 radical (unpaired) electrons. The molecule has 8 heteroatoms. The van der Waals surface area contributed by atoms with Crippen molar-refractivity contribution >= 4 is 13.8 Å². The number of hydrogen-bond donors (Lipinski definition) is 3. The van der Waals surface area contributed by atoms with Crippen molar-refractivity contribution in [3.8, 4) is 0 Å². The average Bonchev–Trinajstić information content (AvgIpc) is 2.54. The van der Waals surface area contributed by atoms with Crippen molar-refractivity contribution in [2.45, 2.75) is 12.5 Å². The summed E-state index contributed by atoms with van der Waals surface area (Å²) >= 11 is 0. The number of aliphatic carboxylic acids is 1. The van der Waals surface area contributed by atoms with Gasteiger partial charge < -0.3 is 10.1 Å². The van der Waals surface area contributed by atoms with E-state index in [2.05, 4.69) is 9.97 Å². The standard InChI is InChI=1S/C6H8N3O4P/c10-6(11)5(9-14(12)13)1-4-2-7-3-8-4/h2-3,5H,1H2,(H,7,8)(H,10,11)(H,9,12,13). The Morgan fingerprint density at radius 1 is 1.71 bits per heavy atom. The highest BCUT2D eigenvalue weighted by Gasteiger charge is 2.19. The number of imidazole rings is 1. The number of nitrogens with zero attached hydrogens (tertiary/aromatic N) is 1. The highest BCUT2D eigenvalue weighted by molar-refractivity contribution is 7.28. The van der Waals surface area contributed by atoms with E-state index in [1.807, 2.05) is 5.09 Å². The quantitative estimate of drug-likeness (QED) is 0.602. The molecule has 14 heavy (non-hydrogen) atoms. The van der Waals surface area contributed by atoms with E-state index in [0.29, 0.717) is 5.69 Å². The van der Waals surface area contributed by atoms with Gasteiger partial charge >= 0.3 is 13.8 Å². The van der Waals surface area contributed by atoms with Gasteiger partial charge in [0.25, 0.3) is 0 Å². The maximum Gasteiger partial charge on any atom is 0.396 e. The van der Waals surface area contributed by atoms with Gasteiger partial charge in [-0.2, -0.15) is 5.09 Å². The zero-order valence-corrected chi connectivity index (χ0v) is 7.90. The van der Waals surface area contributed by atoms with Crippen molar-refractivity contribution in [3.05, 3.63) is 18.2 Å². The number of H-pyrrole nitrogens is 1. The Morgan fingerprint density at radius 2 is 2.43 bits per heavy atom. The lowest BCUT2D eigenvalue weighted by Gasteiger charge is -2.06. The number of hydrogen-bond acceptors (Lipinski definition) is 4. The molecule has 0 aliphatic heterocycles. The average molecular weight is 217 g/mol. The van der Waals surface area contributed by atoms with Gasteiger partial charge in [-0.05, 0) is 0 Å². The van der Waals surface area contributed by atoms with Crippen molar-refractivity contribution in [3.63, 3.8) is 0 Å². The van der Waals surface area contributed by atoms with Crippen LogP contribution in [-0.4, -0.2) is 27.1 Å². The van der Waals surface area contributed by atoms with Gasteiger partial charge in [0, 0.05) is 12.6 Å². The van der Waals surface area contributed by atoms with Crippen LogP contribution in [0.2, 0.25) is 0 Å². The molecule has 0 aromatic carbocycles. The second kappa shape index (κ2) is 4.69. The molecular formula is C6H8N3O4P. The normalized spacial score (nSPS) is 12.3. The van der Waals surface area contributed by atoms with Gasteiger partial charge in [0.2, 0.25) is 0 Å². The minimum Gasteiger partial charge on any atom is -0.480 e. The Balaban J connectivity index is 2.65. The first-order valence-corrected chi connectivity index (χ1v) is 4.88. The summed E-state index contributed by atoms with van der Waals surface area (Å²) in [4.78, 5) is 17.0. The van der Waals surface area contributed by atoms with E-state index >= 15 is 0 Å². The van der Waals surface area contributed by atoms with Gasteiger partial charge in [0.1, 0.15) is 6.04 Å². The lowest BCUT2D eigenvalue weighted by atomic mass is 10.2. The number of aromatic amines is 1. The first-order valence-electron chi connectivity index (χ1n) is 3.70. The van der Waals surface area contributed by atoms with Crippen LogP contribution in [0.3, 0.4) is 0 Å². The molecule has 1 aromatic rings. The molecule has 1 unspecified atom stereocenters. The zero-order valence-electron chi connectivity index (χ0n) is 7.01. The van der Waals surface area contributed by atoms with Crippen LogP contribution < -0.4 is 5.09 Å². The van der Waals surface area contributed by atoms with Crippen LogP contribution >= 0.6 is 7.83 Å². The number of nitrogens with one attached hydrogen (secondary N) is 2. The molecule has 0 amide bonds. The third kappa shape index (κ3) is 3.12. The highest BCUT2D eigenvalue weighted by Crippen LogP contribution is 2.04. The fraction of sp³-hybridized carbons (Fsp3) is 0.333. The molecule has 76 valence electrons. The predicted octanol–water partition coefficient (Wildman–Crippen LogP) is 0.0829. The van der Waals surface area contributed by atoms with Crippen LogP contribution in [0.15, 0.2) is 12.5 Å². The molecule has 3 N–H and O–H groups in total. The van der Waals surface area contributed by atoms with E-state index in [1.54, 1.807) is 0 Å². The Labute approximate surface area is 79.4 Å². The van der Waals surface area contributed by atoms with E-state index in [0.717, 1.165) is 0 Å². The van der Waals surface area contributed by atoms with Crippen LogP contribution in [0.25, 0.3) is 0 Å². The zero-order chi connectivity index (χ0) is 10.6. The Morgan fingerprint density at radius 3 is 2.86 bits per heavy atom. The van der Waals surface area contributed by atoms with Crippen molar-refractivity contribution in [2.24, 2.45) is 0 Å². The monoisotopic (exact) mass is 217 g/mol. The molecule has 0 fully saturated rings. The molecule has 0 saturated carbocycles. The topological polar surface area (TPSA) is 112 Å². The minimum atomic E-state index is -2.92. The van der Waals surface area contributed by atoms with Crippen molar-refractivity contribution < 1.29 is 19.0 Å².